The van der Waals surface area contributed by atoms with Crippen LogP contribution in [0, 0.1) is 0 Å². The van der Waals surface area contributed by atoms with Crippen molar-refractivity contribution in [2.75, 3.05) is 0 Å². The van der Waals surface area contributed by atoms with Crippen LogP contribution >= 0.6 is 0 Å². The Labute approximate surface area is 118 Å². The summed E-state index contributed by atoms with van der Waals surface area (Å²) in [6.07, 6.45) is 5.04. The van der Waals surface area contributed by atoms with Gasteiger partial charge in [-0.05, 0) is 13.8 Å². The lowest BCUT2D eigenvalue weighted by Crippen LogP contribution is -2.03. The van der Waals surface area contributed by atoms with Crippen molar-refractivity contribution >= 4 is 0 Å². The maximum atomic E-state index is 9.41. The summed E-state index contributed by atoms with van der Waals surface area (Å²) in [6.45, 7) is 7.90. The third kappa shape index (κ3) is 3.14. The Hall–Kier alpha value is -1.95. The standard InChI is InChI=1S/C14H20N4O2/c1-9(2)14-15-6-13(12(8-19)17-14)20-11-5-16-18(7-11)10(3)4/h5-7,9-10,19H,8H2,1-4H3. The van der Waals surface area contributed by atoms with E-state index in [2.05, 4.69) is 15.1 Å². The number of nitrogens with zero attached hydrogens (tertiary/aromatic N) is 4. The minimum Gasteiger partial charge on any atom is -0.450 e. The van der Waals surface area contributed by atoms with Crippen molar-refractivity contribution in [2.24, 2.45) is 0 Å². The van der Waals surface area contributed by atoms with E-state index in [1.54, 1.807) is 17.1 Å². The van der Waals surface area contributed by atoms with Crippen molar-refractivity contribution in [3.63, 3.8) is 0 Å². The Bertz CT molecular complexity index is 578. The fourth-order valence-corrected chi connectivity index (χ4v) is 1.68. The second kappa shape index (κ2) is 6.00. The van der Waals surface area contributed by atoms with Crippen LogP contribution in [0.2, 0.25) is 0 Å². The van der Waals surface area contributed by atoms with Crippen LogP contribution in [0.25, 0.3) is 0 Å². The first kappa shape index (κ1) is 14.5. The molecule has 0 bridgehead atoms. The number of hydrogen-bond donors (Lipinski definition) is 1. The van der Waals surface area contributed by atoms with Crippen molar-refractivity contribution in [1.29, 1.82) is 0 Å². The Morgan fingerprint density at radius 1 is 1.25 bits per heavy atom. The van der Waals surface area contributed by atoms with E-state index in [1.807, 2.05) is 33.9 Å². The molecule has 6 nitrogen and oxygen atoms in total. The van der Waals surface area contributed by atoms with Crippen molar-refractivity contribution in [3.8, 4) is 11.5 Å². The highest BCUT2D eigenvalue weighted by Crippen LogP contribution is 2.25. The maximum Gasteiger partial charge on any atom is 0.169 e. The zero-order chi connectivity index (χ0) is 14.7. The molecule has 0 aromatic carbocycles. The largest absolute Gasteiger partial charge is 0.450 e. The predicted molar refractivity (Wildman–Crippen MR) is 74.7 cm³/mol. The fraction of sp³-hybridized carbons (Fsp3) is 0.500. The molecule has 0 radical (unpaired) electrons. The van der Waals surface area contributed by atoms with Gasteiger partial charge >= 0.3 is 0 Å². The number of aromatic nitrogens is 4. The van der Waals surface area contributed by atoms with E-state index >= 15 is 0 Å². The number of hydrogen-bond acceptors (Lipinski definition) is 5. The van der Waals surface area contributed by atoms with Gasteiger partial charge in [-0.3, -0.25) is 4.68 Å². The van der Waals surface area contributed by atoms with Gasteiger partial charge in [-0.2, -0.15) is 5.10 Å². The number of ether oxygens (including phenoxy) is 1. The van der Waals surface area contributed by atoms with Crippen LogP contribution < -0.4 is 4.74 Å². The van der Waals surface area contributed by atoms with E-state index in [1.165, 1.54) is 0 Å². The minimum absolute atomic E-state index is 0.185. The molecule has 2 rings (SSSR count). The summed E-state index contributed by atoms with van der Waals surface area (Å²) >= 11 is 0. The van der Waals surface area contributed by atoms with Crippen LogP contribution in [0.4, 0.5) is 0 Å². The molecular weight excluding hydrogens is 256 g/mol. The first-order chi connectivity index (χ1) is 9.51. The van der Waals surface area contributed by atoms with E-state index in [9.17, 15) is 5.11 Å². The molecule has 1 N–H and O–H groups in total. The lowest BCUT2D eigenvalue weighted by molar-refractivity contribution is 0.269. The summed E-state index contributed by atoms with van der Waals surface area (Å²) in [5.74, 6) is 1.96. The molecule has 0 aliphatic heterocycles. The topological polar surface area (TPSA) is 73.1 Å². The van der Waals surface area contributed by atoms with E-state index < -0.39 is 0 Å². The zero-order valence-corrected chi connectivity index (χ0v) is 12.2. The summed E-state index contributed by atoms with van der Waals surface area (Å²) in [5, 5.41) is 13.6. The van der Waals surface area contributed by atoms with E-state index in [-0.39, 0.29) is 18.6 Å². The number of aliphatic hydroxyl groups is 1. The molecule has 0 amide bonds. The highest BCUT2D eigenvalue weighted by atomic mass is 16.5. The lowest BCUT2D eigenvalue weighted by Gasteiger charge is -2.10. The van der Waals surface area contributed by atoms with E-state index in [0.29, 0.717) is 23.0 Å². The highest BCUT2D eigenvalue weighted by Gasteiger charge is 2.12. The Kier molecular flexibility index (Phi) is 4.34. The van der Waals surface area contributed by atoms with Gasteiger partial charge in [0.05, 0.1) is 25.2 Å². The van der Waals surface area contributed by atoms with E-state index in [0.717, 1.165) is 0 Å². The number of aliphatic hydroxyl groups excluding tert-OH is 1. The van der Waals surface area contributed by atoms with Crippen molar-refractivity contribution in [2.45, 2.75) is 46.3 Å². The molecule has 0 spiro atoms. The smallest absolute Gasteiger partial charge is 0.169 e. The molecule has 2 heterocycles. The average Bonchev–Trinajstić information content (AvgIpc) is 2.87. The molecule has 0 saturated carbocycles. The maximum absolute atomic E-state index is 9.41. The van der Waals surface area contributed by atoms with E-state index in [4.69, 9.17) is 4.74 Å². The summed E-state index contributed by atoms with van der Waals surface area (Å²) in [7, 11) is 0. The van der Waals surface area contributed by atoms with Crippen LogP contribution in [-0.4, -0.2) is 24.9 Å². The second-order valence-corrected chi connectivity index (χ2v) is 5.20. The Morgan fingerprint density at radius 3 is 2.55 bits per heavy atom. The third-order valence-electron chi connectivity index (χ3n) is 2.85. The van der Waals surface area contributed by atoms with Crippen molar-refractivity contribution in [1.82, 2.24) is 19.7 Å². The molecule has 0 saturated heterocycles. The average molecular weight is 276 g/mol. The van der Waals surface area contributed by atoms with Gasteiger partial charge in [0, 0.05) is 12.0 Å². The number of rotatable bonds is 5. The van der Waals surface area contributed by atoms with Gasteiger partial charge in [0.25, 0.3) is 0 Å². The quantitative estimate of drug-likeness (QED) is 0.908. The van der Waals surface area contributed by atoms with Crippen molar-refractivity contribution < 1.29 is 9.84 Å². The lowest BCUT2D eigenvalue weighted by atomic mass is 10.2. The summed E-state index contributed by atoms with van der Waals surface area (Å²) in [5.41, 5.74) is 0.487. The van der Waals surface area contributed by atoms with Crippen molar-refractivity contribution in [3.05, 3.63) is 30.1 Å². The Morgan fingerprint density at radius 2 is 2.00 bits per heavy atom. The summed E-state index contributed by atoms with van der Waals surface area (Å²) < 4.78 is 7.50. The third-order valence-corrected chi connectivity index (χ3v) is 2.85. The van der Waals surface area contributed by atoms with Crippen LogP contribution in [0.5, 0.6) is 11.5 Å². The van der Waals surface area contributed by atoms with Crippen LogP contribution in [0.1, 0.15) is 51.2 Å². The molecular formula is C14H20N4O2. The van der Waals surface area contributed by atoms with Gasteiger partial charge in [0.1, 0.15) is 11.5 Å². The highest BCUT2D eigenvalue weighted by molar-refractivity contribution is 5.30. The van der Waals surface area contributed by atoms with Crippen LogP contribution in [0.15, 0.2) is 18.6 Å². The van der Waals surface area contributed by atoms with Gasteiger partial charge in [0.15, 0.2) is 11.5 Å². The SMILES string of the molecule is CC(C)c1ncc(Oc2cnn(C(C)C)c2)c(CO)n1. The summed E-state index contributed by atoms with van der Waals surface area (Å²) in [4.78, 5) is 8.57. The molecule has 0 atom stereocenters. The van der Waals surface area contributed by atoms with Gasteiger partial charge in [-0.1, -0.05) is 13.8 Å². The molecule has 0 aliphatic rings. The van der Waals surface area contributed by atoms with Gasteiger partial charge in [-0.15, -0.1) is 0 Å². The molecule has 6 heteroatoms. The predicted octanol–water partition coefficient (Wildman–Crippen LogP) is 2.66. The van der Waals surface area contributed by atoms with Gasteiger partial charge < -0.3 is 9.84 Å². The monoisotopic (exact) mass is 276 g/mol. The minimum atomic E-state index is -0.185. The van der Waals surface area contributed by atoms with Crippen LogP contribution in [0.3, 0.4) is 0 Å². The first-order valence-corrected chi connectivity index (χ1v) is 6.70. The normalized spacial score (nSPS) is 11.3. The zero-order valence-electron chi connectivity index (χ0n) is 12.2. The molecule has 2 aromatic heterocycles. The first-order valence-electron chi connectivity index (χ1n) is 6.70. The van der Waals surface area contributed by atoms with Gasteiger partial charge in [-0.25, -0.2) is 9.97 Å². The Balaban J connectivity index is 2.23. The molecule has 0 aliphatic carbocycles. The fourth-order valence-electron chi connectivity index (χ4n) is 1.68. The molecule has 20 heavy (non-hydrogen) atoms. The second-order valence-electron chi connectivity index (χ2n) is 5.20. The molecule has 0 fully saturated rings. The molecule has 108 valence electrons. The molecule has 0 unspecified atom stereocenters. The summed E-state index contributed by atoms with van der Waals surface area (Å²) in [6, 6.07) is 0.268. The molecule has 2 aromatic rings. The van der Waals surface area contributed by atoms with Crippen LogP contribution in [-0.2, 0) is 6.61 Å². The van der Waals surface area contributed by atoms with Gasteiger partial charge in [0.2, 0.25) is 0 Å².